The van der Waals surface area contributed by atoms with E-state index in [2.05, 4.69) is 9.97 Å². The van der Waals surface area contributed by atoms with E-state index in [9.17, 15) is 13.2 Å². The Balaban J connectivity index is 3.11. The van der Waals surface area contributed by atoms with E-state index in [0.29, 0.717) is 0 Å². The van der Waals surface area contributed by atoms with Gasteiger partial charge in [0.1, 0.15) is 29.7 Å². The summed E-state index contributed by atoms with van der Waals surface area (Å²) in [6.45, 7) is 1.41. The standard InChI is InChI=1S/C8H7F3N4/c1-4-5(3-12)7(13)15-6(14-4)2-8(9,10)11/h2H2,1H3,(H2,13,14,15). The van der Waals surface area contributed by atoms with Gasteiger partial charge in [-0.1, -0.05) is 0 Å². The molecule has 0 aliphatic carbocycles. The number of halogens is 3. The summed E-state index contributed by atoms with van der Waals surface area (Å²) in [4.78, 5) is 6.97. The molecule has 1 rings (SSSR count). The van der Waals surface area contributed by atoms with Crippen LogP contribution >= 0.6 is 0 Å². The Morgan fingerprint density at radius 1 is 1.40 bits per heavy atom. The second-order valence-electron chi connectivity index (χ2n) is 2.89. The van der Waals surface area contributed by atoms with E-state index >= 15 is 0 Å². The number of alkyl halides is 3. The molecule has 1 heterocycles. The van der Waals surface area contributed by atoms with Crippen LogP contribution in [0.4, 0.5) is 19.0 Å². The van der Waals surface area contributed by atoms with E-state index < -0.39 is 18.4 Å². The molecule has 0 aliphatic heterocycles. The molecule has 0 unspecified atom stereocenters. The van der Waals surface area contributed by atoms with Gasteiger partial charge in [0.2, 0.25) is 0 Å². The Hall–Kier alpha value is -1.84. The third-order valence-corrected chi connectivity index (χ3v) is 1.63. The minimum absolute atomic E-state index is 0.0147. The van der Waals surface area contributed by atoms with Gasteiger partial charge < -0.3 is 5.73 Å². The lowest BCUT2D eigenvalue weighted by molar-refractivity contribution is -0.128. The molecular weight excluding hydrogens is 209 g/mol. The summed E-state index contributed by atoms with van der Waals surface area (Å²) < 4.78 is 36.0. The van der Waals surface area contributed by atoms with Crippen molar-refractivity contribution in [3.05, 3.63) is 17.1 Å². The first-order valence-electron chi connectivity index (χ1n) is 3.93. The monoisotopic (exact) mass is 216 g/mol. The number of aryl methyl sites for hydroxylation is 1. The maximum absolute atomic E-state index is 12.0. The quantitative estimate of drug-likeness (QED) is 0.768. The Bertz CT molecular complexity index is 396. The summed E-state index contributed by atoms with van der Waals surface area (Å²) >= 11 is 0. The summed E-state index contributed by atoms with van der Waals surface area (Å²) in [5, 5.41) is 8.59. The second kappa shape index (κ2) is 3.73. The fourth-order valence-corrected chi connectivity index (χ4v) is 1.05. The van der Waals surface area contributed by atoms with Crippen molar-refractivity contribution in [1.29, 1.82) is 5.26 Å². The van der Waals surface area contributed by atoms with Crippen LogP contribution in [0.15, 0.2) is 0 Å². The first kappa shape index (κ1) is 11.2. The van der Waals surface area contributed by atoms with Gasteiger partial charge in [-0.2, -0.15) is 18.4 Å². The molecule has 0 atom stereocenters. The van der Waals surface area contributed by atoms with Crippen LogP contribution in [0.1, 0.15) is 17.1 Å². The van der Waals surface area contributed by atoms with Gasteiger partial charge in [0.15, 0.2) is 0 Å². The Kier molecular flexibility index (Phi) is 2.79. The topological polar surface area (TPSA) is 75.6 Å². The molecule has 80 valence electrons. The number of nitrogen functional groups attached to an aromatic ring is 1. The summed E-state index contributed by atoms with van der Waals surface area (Å²) in [5.41, 5.74) is 5.48. The fraction of sp³-hybridized carbons (Fsp3) is 0.375. The maximum Gasteiger partial charge on any atom is 0.396 e. The van der Waals surface area contributed by atoms with Gasteiger partial charge >= 0.3 is 6.18 Å². The molecule has 0 aliphatic rings. The molecule has 0 aromatic carbocycles. The molecule has 0 saturated carbocycles. The SMILES string of the molecule is Cc1nc(CC(F)(F)F)nc(N)c1C#N. The number of rotatable bonds is 1. The highest BCUT2D eigenvalue weighted by Gasteiger charge is 2.29. The van der Waals surface area contributed by atoms with Gasteiger partial charge in [-0.05, 0) is 6.92 Å². The number of nitriles is 1. The lowest BCUT2D eigenvalue weighted by Crippen LogP contribution is -2.16. The molecule has 4 nitrogen and oxygen atoms in total. The molecular formula is C8H7F3N4. The van der Waals surface area contributed by atoms with E-state index in [1.807, 2.05) is 0 Å². The smallest absolute Gasteiger partial charge is 0.382 e. The van der Waals surface area contributed by atoms with Gasteiger partial charge in [0, 0.05) is 0 Å². The zero-order valence-corrected chi connectivity index (χ0v) is 7.76. The fourth-order valence-electron chi connectivity index (χ4n) is 1.05. The number of anilines is 1. The van der Waals surface area contributed by atoms with Crippen LogP contribution in [0.5, 0.6) is 0 Å². The molecule has 0 bridgehead atoms. The van der Waals surface area contributed by atoms with Crippen molar-refractivity contribution in [2.24, 2.45) is 0 Å². The van der Waals surface area contributed by atoms with Crippen LogP contribution in [-0.2, 0) is 6.42 Å². The van der Waals surface area contributed by atoms with Crippen LogP contribution in [0.2, 0.25) is 0 Å². The highest BCUT2D eigenvalue weighted by atomic mass is 19.4. The highest BCUT2D eigenvalue weighted by Crippen LogP contribution is 2.21. The number of nitrogens with two attached hydrogens (primary N) is 1. The van der Waals surface area contributed by atoms with Crippen molar-refractivity contribution >= 4 is 5.82 Å². The van der Waals surface area contributed by atoms with E-state index in [4.69, 9.17) is 11.0 Å². The van der Waals surface area contributed by atoms with Crippen LogP contribution < -0.4 is 5.73 Å². The lowest BCUT2D eigenvalue weighted by atomic mass is 10.2. The number of aromatic nitrogens is 2. The Labute approximate surface area is 83.6 Å². The van der Waals surface area contributed by atoms with Gasteiger partial charge in [0.25, 0.3) is 0 Å². The summed E-state index contributed by atoms with van der Waals surface area (Å²) in [7, 11) is 0. The van der Waals surface area contributed by atoms with Crippen LogP contribution in [0.25, 0.3) is 0 Å². The second-order valence-corrected chi connectivity index (χ2v) is 2.89. The van der Waals surface area contributed by atoms with Crippen molar-refractivity contribution in [3.63, 3.8) is 0 Å². The Morgan fingerprint density at radius 2 is 2.00 bits per heavy atom. The van der Waals surface area contributed by atoms with Crippen molar-refractivity contribution in [1.82, 2.24) is 9.97 Å². The van der Waals surface area contributed by atoms with Crippen molar-refractivity contribution in [2.45, 2.75) is 19.5 Å². The summed E-state index contributed by atoms with van der Waals surface area (Å²) in [6, 6.07) is 1.72. The minimum Gasteiger partial charge on any atom is -0.382 e. The molecule has 0 fully saturated rings. The zero-order chi connectivity index (χ0) is 11.6. The van der Waals surface area contributed by atoms with Crippen molar-refractivity contribution in [2.75, 3.05) is 5.73 Å². The first-order chi connectivity index (χ1) is 6.83. The molecule has 7 heteroatoms. The van der Waals surface area contributed by atoms with E-state index in [-0.39, 0.29) is 17.1 Å². The predicted molar refractivity (Wildman–Crippen MR) is 45.7 cm³/mol. The third-order valence-electron chi connectivity index (χ3n) is 1.63. The van der Waals surface area contributed by atoms with Crippen molar-refractivity contribution < 1.29 is 13.2 Å². The van der Waals surface area contributed by atoms with Gasteiger partial charge in [-0.25, -0.2) is 9.97 Å². The molecule has 1 aromatic heterocycles. The van der Waals surface area contributed by atoms with Gasteiger partial charge in [-0.3, -0.25) is 0 Å². The van der Waals surface area contributed by atoms with Gasteiger partial charge in [-0.15, -0.1) is 0 Å². The first-order valence-corrected chi connectivity index (χ1v) is 3.93. The van der Waals surface area contributed by atoms with Crippen LogP contribution in [-0.4, -0.2) is 16.1 Å². The van der Waals surface area contributed by atoms with E-state index in [1.54, 1.807) is 6.07 Å². The number of hydrogen-bond donors (Lipinski definition) is 1. The lowest BCUT2D eigenvalue weighted by Gasteiger charge is -2.07. The highest BCUT2D eigenvalue weighted by molar-refractivity contribution is 5.50. The molecule has 2 N–H and O–H groups in total. The number of nitrogens with zero attached hydrogens (tertiary/aromatic N) is 3. The third kappa shape index (κ3) is 2.80. The van der Waals surface area contributed by atoms with E-state index in [0.717, 1.165) is 0 Å². The molecule has 0 radical (unpaired) electrons. The zero-order valence-electron chi connectivity index (χ0n) is 7.76. The van der Waals surface area contributed by atoms with Crippen LogP contribution in [0, 0.1) is 18.3 Å². The van der Waals surface area contributed by atoms with Crippen molar-refractivity contribution in [3.8, 4) is 6.07 Å². The molecule has 1 aromatic rings. The normalized spacial score (nSPS) is 11.1. The largest absolute Gasteiger partial charge is 0.396 e. The maximum atomic E-state index is 12.0. The molecule has 0 amide bonds. The predicted octanol–water partition coefficient (Wildman–Crippen LogP) is 1.34. The summed E-state index contributed by atoms with van der Waals surface area (Å²) in [6.07, 6.45) is -5.63. The average Bonchev–Trinajstić information content (AvgIpc) is 1.99. The molecule has 15 heavy (non-hydrogen) atoms. The molecule has 0 spiro atoms. The van der Waals surface area contributed by atoms with E-state index in [1.165, 1.54) is 6.92 Å². The molecule has 0 saturated heterocycles. The minimum atomic E-state index is -4.38. The average molecular weight is 216 g/mol. The Morgan fingerprint density at radius 3 is 2.40 bits per heavy atom. The summed E-state index contributed by atoms with van der Waals surface area (Å²) in [5.74, 6) is -0.638. The number of hydrogen-bond acceptors (Lipinski definition) is 4. The van der Waals surface area contributed by atoms with Crippen LogP contribution in [0.3, 0.4) is 0 Å². The van der Waals surface area contributed by atoms with Gasteiger partial charge in [0.05, 0.1) is 5.69 Å².